The number of nitrogens with one attached hydrogen (secondary N) is 1. The molecule has 1 amide bonds. The molecular formula is C15H15FN2OS. The number of halogens is 1. The molecule has 2 aromatic rings. The number of carbonyl (C=O) groups excluding carboxylic acids is 1. The number of nitrogens with two attached hydrogens (primary N) is 1. The van der Waals surface area contributed by atoms with Gasteiger partial charge in [0.15, 0.2) is 0 Å². The standard InChI is InChI=1S/C15H15FN2OS/c1-10-4-2-3-5-13(10)18-15(19)9-20-14-8-11(16)6-7-12(14)17/h2-8H,9,17H2,1H3,(H,18,19). The molecule has 0 bridgehead atoms. The third kappa shape index (κ3) is 3.74. The fourth-order valence-corrected chi connectivity index (χ4v) is 2.47. The lowest BCUT2D eigenvalue weighted by atomic mass is 10.2. The zero-order valence-corrected chi connectivity index (χ0v) is 11.8. The summed E-state index contributed by atoms with van der Waals surface area (Å²) in [6, 6.07) is 11.7. The Morgan fingerprint density at radius 3 is 2.80 bits per heavy atom. The largest absolute Gasteiger partial charge is 0.398 e. The summed E-state index contributed by atoms with van der Waals surface area (Å²) in [5.74, 6) is -0.323. The van der Waals surface area contributed by atoms with Crippen molar-refractivity contribution in [2.45, 2.75) is 11.8 Å². The molecule has 0 unspecified atom stereocenters. The highest BCUT2D eigenvalue weighted by Crippen LogP contribution is 2.26. The number of para-hydroxylation sites is 1. The quantitative estimate of drug-likeness (QED) is 0.670. The van der Waals surface area contributed by atoms with Crippen LogP contribution in [0.25, 0.3) is 0 Å². The van der Waals surface area contributed by atoms with Crippen LogP contribution in [0.3, 0.4) is 0 Å². The molecule has 0 aliphatic heterocycles. The molecule has 0 saturated carbocycles. The van der Waals surface area contributed by atoms with Crippen LogP contribution in [0.5, 0.6) is 0 Å². The van der Waals surface area contributed by atoms with Gasteiger partial charge in [0.1, 0.15) is 5.82 Å². The van der Waals surface area contributed by atoms with E-state index >= 15 is 0 Å². The SMILES string of the molecule is Cc1ccccc1NC(=O)CSc1cc(F)ccc1N. The normalized spacial score (nSPS) is 10.3. The minimum atomic E-state index is -0.360. The average Bonchev–Trinajstić information content (AvgIpc) is 2.42. The van der Waals surface area contributed by atoms with Crippen LogP contribution in [0.4, 0.5) is 15.8 Å². The van der Waals surface area contributed by atoms with Gasteiger partial charge in [-0.15, -0.1) is 11.8 Å². The molecule has 0 fully saturated rings. The molecule has 0 aromatic heterocycles. The van der Waals surface area contributed by atoms with Crippen molar-refractivity contribution in [3.05, 3.63) is 53.8 Å². The Kier molecular flexibility index (Phi) is 4.63. The van der Waals surface area contributed by atoms with E-state index in [-0.39, 0.29) is 17.5 Å². The molecule has 0 aliphatic carbocycles. The number of carbonyl (C=O) groups is 1. The van der Waals surface area contributed by atoms with E-state index in [4.69, 9.17) is 5.73 Å². The van der Waals surface area contributed by atoms with Gasteiger partial charge in [-0.1, -0.05) is 18.2 Å². The lowest BCUT2D eigenvalue weighted by Gasteiger charge is -2.08. The predicted molar refractivity (Wildman–Crippen MR) is 81.3 cm³/mol. The molecule has 2 aromatic carbocycles. The van der Waals surface area contributed by atoms with Crippen LogP contribution in [0, 0.1) is 12.7 Å². The molecule has 5 heteroatoms. The summed E-state index contributed by atoms with van der Waals surface area (Å²) in [5, 5.41) is 2.82. The number of thioether (sulfide) groups is 1. The smallest absolute Gasteiger partial charge is 0.234 e. The Morgan fingerprint density at radius 2 is 2.05 bits per heavy atom. The zero-order valence-electron chi connectivity index (χ0n) is 11.0. The summed E-state index contributed by atoms with van der Waals surface area (Å²) >= 11 is 1.22. The first-order valence-corrected chi connectivity index (χ1v) is 7.08. The number of nitrogen functional groups attached to an aromatic ring is 1. The third-order valence-electron chi connectivity index (χ3n) is 2.75. The van der Waals surface area contributed by atoms with E-state index in [1.54, 1.807) is 0 Å². The van der Waals surface area contributed by atoms with Gasteiger partial charge in [0.25, 0.3) is 0 Å². The number of anilines is 2. The van der Waals surface area contributed by atoms with Gasteiger partial charge in [-0.05, 0) is 36.8 Å². The van der Waals surface area contributed by atoms with E-state index < -0.39 is 0 Å². The van der Waals surface area contributed by atoms with Crippen molar-refractivity contribution >= 4 is 29.0 Å². The number of benzene rings is 2. The number of rotatable bonds is 4. The van der Waals surface area contributed by atoms with Crippen LogP contribution in [0.15, 0.2) is 47.4 Å². The molecule has 20 heavy (non-hydrogen) atoms. The first kappa shape index (κ1) is 14.4. The number of hydrogen-bond donors (Lipinski definition) is 2. The van der Waals surface area contributed by atoms with Crippen LogP contribution >= 0.6 is 11.8 Å². The Hall–Kier alpha value is -2.01. The van der Waals surface area contributed by atoms with E-state index in [0.717, 1.165) is 11.3 Å². The molecule has 0 heterocycles. The molecular weight excluding hydrogens is 275 g/mol. The van der Waals surface area contributed by atoms with Crippen molar-refractivity contribution in [1.29, 1.82) is 0 Å². The average molecular weight is 290 g/mol. The van der Waals surface area contributed by atoms with Gasteiger partial charge in [0.2, 0.25) is 5.91 Å². The molecule has 0 spiro atoms. The van der Waals surface area contributed by atoms with Crippen LogP contribution in [0.1, 0.15) is 5.56 Å². The van der Waals surface area contributed by atoms with Gasteiger partial charge in [-0.2, -0.15) is 0 Å². The van der Waals surface area contributed by atoms with E-state index in [1.807, 2.05) is 31.2 Å². The summed E-state index contributed by atoms with van der Waals surface area (Å²) in [6.45, 7) is 1.92. The summed E-state index contributed by atoms with van der Waals surface area (Å²) in [5.41, 5.74) is 7.98. The monoisotopic (exact) mass is 290 g/mol. The maximum atomic E-state index is 13.1. The highest BCUT2D eigenvalue weighted by molar-refractivity contribution is 8.00. The Morgan fingerprint density at radius 1 is 1.30 bits per heavy atom. The number of amides is 1. The van der Waals surface area contributed by atoms with Gasteiger partial charge >= 0.3 is 0 Å². The van der Waals surface area contributed by atoms with Crippen LogP contribution in [-0.4, -0.2) is 11.7 Å². The summed E-state index contributed by atoms with van der Waals surface area (Å²) in [7, 11) is 0. The molecule has 2 rings (SSSR count). The van der Waals surface area contributed by atoms with Crippen LogP contribution in [0.2, 0.25) is 0 Å². The lowest BCUT2D eigenvalue weighted by molar-refractivity contribution is -0.113. The van der Waals surface area contributed by atoms with Crippen molar-refractivity contribution < 1.29 is 9.18 Å². The highest BCUT2D eigenvalue weighted by Gasteiger charge is 2.08. The van der Waals surface area contributed by atoms with E-state index in [9.17, 15) is 9.18 Å². The molecule has 0 atom stereocenters. The number of aryl methyl sites for hydroxylation is 1. The fraction of sp³-hybridized carbons (Fsp3) is 0.133. The van der Waals surface area contributed by atoms with E-state index in [0.29, 0.717) is 10.6 Å². The lowest BCUT2D eigenvalue weighted by Crippen LogP contribution is -2.14. The first-order valence-electron chi connectivity index (χ1n) is 6.09. The maximum Gasteiger partial charge on any atom is 0.234 e. The summed E-state index contributed by atoms with van der Waals surface area (Å²) in [6.07, 6.45) is 0. The van der Waals surface area contributed by atoms with E-state index in [2.05, 4.69) is 5.32 Å². The van der Waals surface area contributed by atoms with Crippen molar-refractivity contribution in [2.75, 3.05) is 16.8 Å². The first-order chi connectivity index (χ1) is 9.56. The topological polar surface area (TPSA) is 55.1 Å². The fourth-order valence-electron chi connectivity index (χ4n) is 1.68. The van der Waals surface area contributed by atoms with Crippen molar-refractivity contribution in [1.82, 2.24) is 0 Å². The van der Waals surface area contributed by atoms with Crippen molar-refractivity contribution in [2.24, 2.45) is 0 Å². The Labute approximate surface area is 121 Å². The second kappa shape index (κ2) is 6.43. The van der Waals surface area contributed by atoms with Gasteiger partial charge in [-0.3, -0.25) is 4.79 Å². The molecule has 3 nitrogen and oxygen atoms in total. The minimum absolute atomic E-state index is 0.145. The molecule has 0 radical (unpaired) electrons. The summed E-state index contributed by atoms with van der Waals surface area (Å²) in [4.78, 5) is 12.4. The predicted octanol–water partition coefficient (Wildman–Crippen LogP) is 3.45. The Balaban J connectivity index is 1.96. The third-order valence-corrected chi connectivity index (χ3v) is 3.82. The number of hydrogen-bond acceptors (Lipinski definition) is 3. The zero-order chi connectivity index (χ0) is 14.5. The second-order valence-electron chi connectivity index (χ2n) is 4.33. The highest BCUT2D eigenvalue weighted by atomic mass is 32.2. The molecule has 0 saturated heterocycles. The second-order valence-corrected chi connectivity index (χ2v) is 5.35. The maximum absolute atomic E-state index is 13.1. The van der Waals surface area contributed by atoms with Crippen LogP contribution in [-0.2, 0) is 4.79 Å². The molecule has 0 aliphatic rings. The van der Waals surface area contributed by atoms with Gasteiger partial charge in [-0.25, -0.2) is 4.39 Å². The summed E-state index contributed by atoms with van der Waals surface area (Å²) < 4.78 is 13.1. The molecule has 104 valence electrons. The van der Waals surface area contributed by atoms with Crippen molar-refractivity contribution in [3.63, 3.8) is 0 Å². The van der Waals surface area contributed by atoms with Gasteiger partial charge in [0.05, 0.1) is 5.75 Å². The van der Waals surface area contributed by atoms with E-state index in [1.165, 1.54) is 30.0 Å². The van der Waals surface area contributed by atoms with Gasteiger partial charge < -0.3 is 11.1 Å². The Bertz CT molecular complexity index is 631. The minimum Gasteiger partial charge on any atom is -0.398 e. The van der Waals surface area contributed by atoms with Crippen LogP contribution < -0.4 is 11.1 Å². The van der Waals surface area contributed by atoms with Crippen molar-refractivity contribution in [3.8, 4) is 0 Å². The molecule has 3 N–H and O–H groups in total. The van der Waals surface area contributed by atoms with Gasteiger partial charge in [0, 0.05) is 16.3 Å².